The number of carbonyl (C=O) groups is 7. The zero-order valence-corrected chi connectivity index (χ0v) is 40.9. The SMILES string of the molecule is CCN(CC)CCNC(=O)c1cc(/C=C2\C(=O)Nc3ccc(OC(=O)CCC(=O)OC(C)C(=O)OC(C)C(=O)O[C@H](COc4nsnc4N4CCOCC4)CN(C(C)=O)C(C)(C)C)cc32)[nH]c1C. The van der Waals surface area contributed by atoms with Crippen LogP contribution in [0.3, 0.4) is 0 Å². The summed E-state index contributed by atoms with van der Waals surface area (Å²) < 4.78 is 41.7. The molecule has 1 saturated heterocycles. The number of H-pyrrole nitrogens is 1. The van der Waals surface area contributed by atoms with E-state index < -0.39 is 66.5 Å². The molecule has 2 unspecified atom stereocenters. The van der Waals surface area contributed by atoms with E-state index in [0.717, 1.165) is 31.4 Å². The van der Waals surface area contributed by atoms with Gasteiger partial charge in [-0.1, -0.05) is 13.8 Å². The number of anilines is 2. The Balaban J connectivity index is 1.11. The lowest BCUT2D eigenvalue weighted by molar-refractivity contribution is -0.180. The predicted molar refractivity (Wildman–Crippen MR) is 250 cm³/mol. The molecule has 2 aromatic heterocycles. The third-order valence-corrected chi connectivity index (χ3v) is 11.5. The molecule has 370 valence electrons. The van der Waals surface area contributed by atoms with Gasteiger partial charge in [-0.15, -0.1) is 4.37 Å². The van der Waals surface area contributed by atoms with Crippen LogP contribution in [0.5, 0.6) is 11.6 Å². The van der Waals surface area contributed by atoms with Crippen LogP contribution in [-0.4, -0.2) is 155 Å². The number of amides is 3. The van der Waals surface area contributed by atoms with Crippen molar-refractivity contribution >= 4 is 76.5 Å². The van der Waals surface area contributed by atoms with E-state index in [9.17, 15) is 33.6 Å². The zero-order valence-electron chi connectivity index (χ0n) is 40.1. The van der Waals surface area contributed by atoms with Crippen LogP contribution < -0.4 is 25.0 Å². The van der Waals surface area contributed by atoms with Gasteiger partial charge in [-0.2, -0.15) is 4.37 Å². The first-order chi connectivity index (χ1) is 32.3. The van der Waals surface area contributed by atoms with Crippen molar-refractivity contribution < 1.29 is 62.0 Å². The Bertz CT molecular complexity index is 2330. The number of nitrogens with one attached hydrogen (secondary N) is 3. The summed E-state index contributed by atoms with van der Waals surface area (Å²) in [6.07, 6.45) is -3.20. The second-order valence-corrected chi connectivity index (χ2v) is 17.6. The summed E-state index contributed by atoms with van der Waals surface area (Å²) in [5.41, 5.74) is 2.18. The van der Waals surface area contributed by atoms with Crippen LogP contribution in [0.2, 0.25) is 0 Å². The number of esters is 4. The molecule has 3 N–H and O–H groups in total. The molecule has 21 nitrogen and oxygen atoms in total. The first-order valence-corrected chi connectivity index (χ1v) is 23.3. The fourth-order valence-electron chi connectivity index (χ4n) is 7.27. The van der Waals surface area contributed by atoms with E-state index in [1.165, 1.54) is 37.8 Å². The number of carbonyl (C=O) groups excluding carboxylic acids is 7. The van der Waals surface area contributed by atoms with Gasteiger partial charge in [0.2, 0.25) is 11.7 Å². The van der Waals surface area contributed by atoms with Gasteiger partial charge in [-0.25, -0.2) is 9.59 Å². The quantitative estimate of drug-likeness (QED) is 0.0561. The fraction of sp³-hybridized carbons (Fsp3) is 0.543. The van der Waals surface area contributed by atoms with E-state index in [4.69, 9.17) is 28.4 Å². The minimum absolute atomic E-state index is 0.0531. The minimum atomic E-state index is -1.46. The number of benzene rings is 1. The highest BCUT2D eigenvalue weighted by molar-refractivity contribution is 6.99. The molecule has 0 saturated carbocycles. The number of fused-ring (bicyclic) bond motifs is 1. The largest absolute Gasteiger partial charge is 0.470 e. The molecule has 3 atom stereocenters. The molecule has 0 aliphatic carbocycles. The van der Waals surface area contributed by atoms with Gasteiger partial charge in [-0.3, -0.25) is 24.0 Å². The Morgan fingerprint density at radius 3 is 2.31 bits per heavy atom. The summed E-state index contributed by atoms with van der Waals surface area (Å²) in [5.74, 6) is -3.73. The number of morpholine rings is 1. The first kappa shape index (κ1) is 52.6. The van der Waals surface area contributed by atoms with Gasteiger partial charge in [-0.05, 0) is 85.0 Å². The predicted octanol–water partition coefficient (Wildman–Crippen LogP) is 3.76. The number of nitrogens with zero attached hydrogens (tertiary/aromatic N) is 5. The molecule has 3 aromatic rings. The molecule has 2 aliphatic heterocycles. The van der Waals surface area contributed by atoms with Crippen molar-refractivity contribution in [1.82, 2.24) is 28.8 Å². The van der Waals surface area contributed by atoms with Crippen LogP contribution in [0.4, 0.5) is 11.5 Å². The standard InChI is InChI=1S/C46H62N8O13S/c1-10-52(11-2)17-16-47-41(58)34-22-31(48-27(34)3)23-36-35-24-32(12-13-37(35)49-42(36)59)66-39(57)15-14-38(56)64-28(4)44(60)65-29(5)45(61)67-33(25-54(30(6)55)46(7,8)9)26-63-43-40(50-68-51-43)53-18-20-62-21-19-53/h12-13,22-24,28-29,33,48H,10-11,14-21,25-26H2,1-9H3,(H,47,58)(H,49,59)/b36-23-/t28?,29?,33-/m0/s1. The lowest BCUT2D eigenvalue weighted by Crippen LogP contribution is -2.50. The molecular weight excluding hydrogens is 905 g/mol. The Morgan fingerprint density at radius 2 is 1.63 bits per heavy atom. The van der Waals surface area contributed by atoms with Crippen molar-refractivity contribution in [3.05, 3.63) is 46.8 Å². The maximum Gasteiger partial charge on any atom is 0.347 e. The maximum atomic E-state index is 13.3. The molecule has 1 fully saturated rings. The average Bonchev–Trinajstić information content (AvgIpc) is 4.01. The third-order valence-electron chi connectivity index (χ3n) is 11.0. The highest BCUT2D eigenvalue weighted by Crippen LogP contribution is 2.36. The number of aromatic amines is 1. The maximum absolute atomic E-state index is 13.3. The number of hydrogen-bond donors (Lipinski definition) is 3. The van der Waals surface area contributed by atoms with Crippen LogP contribution in [0, 0.1) is 6.92 Å². The molecular formula is C46H62N8O13S. The van der Waals surface area contributed by atoms with E-state index >= 15 is 0 Å². The molecule has 0 radical (unpaired) electrons. The average molecular weight is 967 g/mol. The van der Waals surface area contributed by atoms with Gasteiger partial charge in [0.1, 0.15) is 12.4 Å². The van der Waals surface area contributed by atoms with Crippen LogP contribution in [0.15, 0.2) is 24.3 Å². The molecule has 0 bridgehead atoms. The number of rotatable bonds is 22. The van der Waals surface area contributed by atoms with Crippen molar-refractivity contribution in [2.24, 2.45) is 0 Å². The summed E-state index contributed by atoms with van der Waals surface area (Å²) in [6, 6.07) is 6.24. The molecule has 1 aromatic carbocycles. The number of aromatic nitrogens is 3. The topological polar surface area (TPSA) is 250 Å². The minimum Gasteiger partial charge on any atom is -0.470 e. The van der Waals surface area contributed by atoms with Gasteiger partial charge in [0.15, 0.2) is 18.3 Å². The van der Waals surface area contributed by atoms with Crippen molar-refractivity contribution in [3.63, 3.8) is 0 Å². The number of ether oxygens (including phenoxy) is 6. The van der Waals surface area contributed by atoms with Crippen molar-refractivity contribution in [3.8, 4) is 11.6 Å². The van der Waals surface area contributed by atoms with Gasteiger partial charge in [0.25, 0.3) is 17.7 Å². The van der Waals surface area contributed by atoms with E-state index in [1.807, 2.05) is 25.7 Å². The summed E-state index contributed by atoms with van der Waals surface area (Å²) in [4.78, 5) is 99.2. The van der Waals surface area contributed by atoms with Crippen LogP contribution in [-0.2, 0) is 47.7 Å². The lowest BCUT2D eigenvalue weighted by Gasteiger charge is -2.37. The van der Waals surface area contributed by atoms with Crippen LogP contribution in [0.25, 0.3) is 11.6 Å². The Kier molecular flexibility index (Phi) is 18.6. The number of likely N-dealkylation sites (N-methyl/N-ethyl adjacent to an activating group) is 1. The summed E-state index contributed by atoms with van der Waals surface area (Å²) >= 11 is 0.960. The Morgan fingerprint density at radius 1 is 0.956 bits per heavy atom. The monoisotopic (exact) mass is 966 g/mol. The van der Waals surface area contributed by atoms with E-state index in [0.29, 0.717) is 66.9 Å². The normalized spacial score (nSPS) is 15.5. The van der Waals surface area contributed by atoms with Crippen LogP contribution in [0.1, 0.15) is 95.5 Å². The molecule has 22 heteroatoms. The zero-order chi connectivity index (χ0) is 49.7. The summed E-state index contributed by atoms with van der Waals surface area (Å²) in [7, 11) is 0. The highest BCUT2D eigenvalue weighted by Gasteiger charge is 2.33. The second-order valence-electron chi connectivity index (χ2n) is 17.1. The molecule has 4 heterocycles. The smallest absolute Gasteiger partial charge is 0.347 e. The number of aryl methyl sites for hydroxylation is 1. The van der Waals surface area contributed by atoms with Gasteiger partial charge in [0, 0.05) is 61.3 Å². The van der Waals surface area contributed by atoms with Gasteiger partial charge < -0.3 is 58.7 Å². The molecule has 5 rings (SSSR count). The lowest BCUT2D eigenvalue weighted by atomic mass is 10.1. The molecule has 68 heavy (non-hydrogen) atoms. The second kappa shape index (κ2) is 24.1. The number of hydrogen-bond acceptors (Lipinski definition) is 18. The van der Waals surface area contributed by atoms with Gasteiger partial charge >= 0.3 is 23.9 Å². The van der Waals surface area contributed by atoms with E-state index in [2.05, 4.69) is 43.1 Å². The van der Waals surface area contributed by atoms with Gasteiger partial charge in [0.05, 0.1) is 55.5 Å². The van der Waals surface area contributed by atoms with Crippen molar-refractivity contribution in [2.75, 3.05) is 75.9 Å². The van der Waals surface area contributed by atoms with E-state index in [1.54, 1.807) is 25.1 Å². The van der Waals surface area contributed by atoms with Crippen LogP contribution >= 0.6 is 11.7 Å². The summed E-state index contributed by atoms with van der Waals surface area (Å²) in [6.45, 7) is 20.2. The fourth-order valence-corrected chi connectivity index (χ4v) is 7.79. The Hall–Kier alpha value is -6.39. The van der Waals surface area contributed by atoms with E-state index in [-0.39, 0.29) is 42.2 Å². The van der Waals surface area contributed by atoms with Crippen molar-refractivity contribution in [1.29, 1.82) is 0 Å². The Labute approximate surface area is 399 Å². The third kappa shape index (κ3) is 14.6. The molecule has 2 aliphatic rings. The highest BCUT2D eigenvalue weighted by atomic mass is 32.1. The first-order valence-electron chi connectivity index (χ1n) is 22.5. The molecule has 0 spiro atoms. The van der Waals surface area contributed by atoms with Crippen molar-refractivity contribution in [2.45, 2.75) is 99.0 Å². The molecule has 3 amide bonds. The summed E-state index contributed by atoms with van der Waals surface area (Å²) in [5, 5.41) is 5.71.